The quantitative estimate of drug-likeness (QED) is 0.368. The molecule has 0 saturated carbocycles. The van der Waals surface area contributed by atoms with Gasteiger partial charge in [-0.05, 0) is 50.5 Å². The fraction of sp³-hybridized carbons (Fsp3) is 0.292. The van der Waals surface area contributed by atoms with E-state index in [-0.39, 0.29) is 5.75 Å². The van der Waals surface area contributed by atoms with Gasteiger partial charge in [0.05, 0.1) is 0 Å². The molecule has 0 fully saturated rings. The van der Waals surface area contributed by atoms with Gasteiger partial charge < -0.3 is 19.2 Å². The molecule has 1 heterocycles. The van der Waals surface area contributed by atoms with Crippen LogP contribution >= 0.6 is 0 Å². The van der Waals surface area contributed by atoms with Crippen LogP contribution in [0.4, 0.5) is 4.79 Å². The summed E-state index contributed by atoms with van der Waals surface area (Å²) < 4.78 is 16.0. The number of nitrogens with one attached hydrogen (secondary N) is 1. The third kappa shape index (κ3) is 5.72. The summed E-state index contributed by atoms with van der Waals surface area (Å²) in [6, 6.07) is 13.9. The van der Waals surface area contributed by atoms with Crippen LogP contribution in [0.1, 0.15) is 44.9 Å². The average molecular weight is 423 g/mol. The minimum Gasteiger partial charge on any atom is -0.444 e. The van der Waals surface area contributed by atoms with Gasteiger partial charge in [0.15, 0.2) is 6.04 Å². The molecular formula is C24H25NO6. The molecule has 0 aliphatic heterocycles. The maximum Gasteiger partial charge on any atom is 0.408 e. The van der Waals surface area contributed by atoms with Crippen LogP contribution in [0.5, 0.6) is 5.75 Å². The van der Waals surface area contributed by atoms with E-state index >= 15 is 0 Å². The highest BCUT2D eigenvalue weighted by Gasteiger charge is 2.27. The second-order valence-electron chi connectivity index (χ2n) is 8.01. The summed E-state index contributed by atoms with van der Waals surface area (Å²) in [6.45, 7) is 7.14. The van der Waals surface area contributed by atoms with E-state index in [1.807, 2.05) is 6.92 Å². The van der Waals surface area contributed by atoms with E-state index in [0.29, 0.717) is 17.6 Å². The van der Waals surface area contributed by atoms with E-state index in [1.54, 1.807) is 63.2 Å². The van der Waals surface area contributed by atoms with Crippen molar-refractivity contribution in [3.63, 3.8) is 0 Å². The molecule has 1 N–H and O–H groups in total. The number of benzene rings is 2. The van der Waals surface area contributed by atoms with E-state index in [0.717, 1.165) is 10.9 Å². The number of carbonyl (C=O) groups is 2. The molecule has 0 radical (unpaired) electrons. The molecule has 3 aromatic rings. The average Bonchev–Trinajstić information content (AvgIpc) is 2.70. The minimum absolute atomic E-state index is 0.195. The molecule has 7 nitrogen and oxygen atoms in total. The first-order valence-electron chi connectivity index (χ1n) is 9.99. The van der Waals surface area contributed by atoms with Crippen molar-refractivity contribution in [2.24, 2.45) is 0 Å². The summed E-state index contributed by atoms with van der Waals surface area (Å²) in [5, 5.41) is 3.34. The van der Waals surface area contributed by atoms with Crippen molar-refractivity contribution in [2.75, 3.05) is 0 Å². The lowest BCUT2D eigenvalue weighted by Gasteiger charge is -2.23. The van der Waals surface area contributed by atoms with E-state index in [1.165, 1.54) is 12.1 Å². The molecule has 0 aliphatic carbocycles. The highest BCUT2D eigenvalue weighted by atomic mass is 16.6. The number of carbonyl (C=O) groups excluding carboxylic acids is 2. The molecular weight excluding hydrogens is 398 g/mol. The molecule has 2 aromatic carbocycles. The number of fused-ring (bicyclic) bond motifs is 1. The van der Waals surface area contributed by atoms with Gasteiger partial charge in [-0.25, -0.2) is 14.4 Å². The van der Waals surface area contributed by atoms with E-state index in [4.69, 9.17) is 13.9 Å². The lowest BCUT2D eigenvalue weighted by atomic mass is 10.1. The first-order valence-corrected chi connectivity index (χ1v) is 9.99. The van der Waals surface area contributed by atoms with Crippen LogP contribution in [-0.2, 0) is 16.0 Å². The second-order valence-corrected chi connectivity index (χ2v) is 8.01. The number of ether oxygens (including phenoxy) is 2. The van der Waals surface area contributed by atoms with E-state index in [9.17, 15) is 14.4 Å². The summed E-state index contributed by atoms with van der Waals surface area (Å²) in [7, 11) is 0. The van der Waals surface area contributed by atoms with Gasteiger partial charge in [0, 0.05) is 17.5 Å². The number of rotatable bonds is 5. The highest BCUT2D eigenvalue weighted by molar-refractivity contribution is 5.86. The molecule has 0 saturated heterocycles. The molecule has 3 rings (SSSR count). The largest absolute Gasteiger partial charge is 0.444 e. The van der Waals surface area contributed by atoms with Gasteiger partial charge in [-0.15, -0.1) is 0 Å². The number of esters is 1. The molecule has 7 heteroatoms. The predicted octanol–water partition coefficient (Wildman–Crippen LogP) is 4.53. The number of aryl methyl sites for hydroxylation is 1. The van der Waals surface area contributed by atoms with Gasteiger partial charge in [-0.3, -0.25) is 0 Å². The fourth-order valence-electron chi connectivity index (χ4n) is 3.09. The third-order valence-corrected chi connectivity index (χ3v) is 4.43. The molecule has 0 aliphatic rings. The smallest absolute Gasteiger partial charge is 0.408 e. The van der Waals surface area contributed by atoms with E-state index < -0.39 is 29.3 Å². The van der Waals surface area contributed by atoms with Gasteiger partial charge in [0.2, 0.25) is 0 Å². The summed E-state index contributed by atoms with van der Waals surface area (Å²) >= 11 is 0. The minimum atomic E-state index is -1.08. The first kappa shape index (κ1) is 22.1. The maximum absolute atomic E-state index is 13.0. The van der Waals surface area contributed by atoms with Gasteiger partial charge in [0.1, 0.15) is 16.9 Å². The zero-order chi connectivity index (χ0) is 22.6. The van der Waals surface area contributed by atoms with Crippen LogP contribution in [0, 0.1) is 0 Å². The molecule has 1 aromatic heterocycles. The van der Waals surface area contributed by atoms with Crippen molar-refractivity contribution in [1.82, 2.24) is 5.32 Å². The summed E-state index contributed by atoms with van der Waals surface area (Å²) in [6.07, 6.45) is -0.0766. The van der Waals surface area contributed by atoms with E-state index in [2.05, 4.69) is 5.32 Å². The van der Waals surface area contributed by atoms with Crippen LogP contribution in [0.2, 0.25) is 0 Å². The van der Waals surface area contributed by atoms with Crippen molar-refractivity contribution in [3.05, 3.63) is 76.1 Å². The van der Waals surface area contributed by atoms with Gasteiger partial charge >= 0.3 is 17.7 Å². The van der Waals surface area contributed by atoms with Crippen LogP contribution in [0.3, 0.4) is 0 Å². The Morgan fingerprint density at radius 2 is 1.77 bits per heavy atom. The zero-order valence-corrected chi connectivity index (χ0v) is 17.9. The van der Waals surface area contributed by atoms with Crippen molar-refractivity contribution < 1.29 is 23.5 Å². The molecule has 0 bridgehead atoms. The number of amides is 1. The number of hydrogen-bond donors (Lipinski definition) is 1. The standard InChI is InChI=1S/C24H25NO6/c1-5-15-13-20(26)30-19-14-17(11-12-18(15)19)29-22(27)21(16-9-7-6-8-10-16)25-23(28)31-24(2,3)4/h6-14,21H,5H2,1-4H3,(H,25,28). The highest BCUT2D eigenvalue weighted by Crippen LogP contribution is 2.25. The zero-order valence-electron chi connectivity index (χ0n) is 17.9. The normalized spacial score (nSPS) is 12.3. The number of alkyl carbamates (subject to hydrolysis) is 1. The topological polar surface area (TPSA) is 94.8 Å². The molecule has 162 valence electrons. The molecule has 1 unspecified atom stereocenters. The van der Waals surface area contributed by atoms with Gasteiger partial charge in [-0.1, -0.05) is 37.3 Å². The Labute approximate surface area is 180 Å². The maximum atomic E-state index is 13.0. The Hall–Kier alpha value is -3.61. The summed E-state index contributed by atoms with van der Waals surface area (Å²) in [4.78, 5) is 37.0. The van der Waals surface area contributed by atoms with Crippen LogP contribution < -0.4 is 15.7 Å². The molecule has 0 spiro atoms. The fourth-order valence-corrected chi connectivity index (χ4v) is 3.09. The SMILES string of the molecule is CCc1cc(=O)oc2cc(OC(=O)C(NC(=O)OC(C)(C)C)c3ccccc3)ccc12. The Balaban J connectivity index is 1.88. The van der Waals surface area contributed by atoms with Crippen LogP contribution in [0.25, 0.3) is 11.0 Å². The monoisotopic (exact) mass is 423 g/mol. The van der Waals surface area contributed by atoms with Crippen molar-refractivity contribution in [3.8, 4) is 5.75 Å². The van der Waals surface area contributed by atoms with Crippen molar-refractivity contribution in [1.29, 1.82) is 0 Å². The van der Waals surface area contributed by atoms with Gasteiger partial charge in [0.25, 0.3) is 0 Å². The Kier molecular flexibility index (Phi) is 6.44. The van der Waals surface area contributed by atoms with Crippen molar-refractivity contribution in [2.45, 2.75) is 45.8 Å². The molecule has 1 amide bonds. The molecule has 1 atom stereocenters. The lowest BCUT2D eigenvalue weighted by Crippen LogP contribution is -2.39. The second kappa shape index (κ2) is 9.04. The summed E-state index contributed by atoms with van der Waals surface area (Å²) in [5.74, 6) is -0.508. The lowest BCUT2D eigenvalue weighted by molar-refractivity contribution is -0.137. The Morgan fingerprint density at radius 3 is 2.42 bits per heavy atom. The number of hydrogen-bond acceptors (Lipinski definition) is 6. The Bertz CT molecular complexity index is 1140. The van der Waals surface area contributed by atoms with Crippen LogP contribution in [0.15, 0.2) is 63.8 Å². The first-order chi connectivity index (χ1) is 14.7. The summed E-state index contributed by atoms with van der Waals surface area (Å²) in [5.41, 5.74) is 0.520. The van der Waals surface area contributed by atoms with Gasteiger partial charge in [-0.2, -0.15) is 0 Å². The third-order valence-electron chi connectivity index (χ3n) is 4.43. The van der Waals surface area contributed by atoms with Crippen molar-refractivity contribution >= 4 is 23.0 Å². The van der Waals surface area contributed by atoms with Crippen LogP contribution in [-0.4, -0.2) is 17.7 Å². The Morgan fingerprint density at radius 1 is 1.06 bits per heavy atom. The predicted molar refractivity (Wildman–Crippen MR) is 116 cm³/mol. The molecule has 31 heavy (non-hydrogen) atoms.